The van der Waals surface area contributed by atoms with Crippen LogP contribution >= 0.6 is 0 Å². The molecule has 1 N–H and O–H groups in total. The number of fused-ring (bicyclic) bond motifs is 1. The Hall–Kier alpha value is -1.02. The molecule has 2 heteroatoms. The Morgan fingerprint density at radius 3 is 3.00 bits per heavy atom. The van der Waals surface area contributed by atoms with Crippen LogP contribution in [0.25, 0.3) is 0 Å². The molecule has 2 aliphatic rings. The van der Waals surface area contributed by atoms with Gasteiger partial charge in [0.05, 0.1) is 0 Å². The van der Waals surface area contributed by atoms with Crippen molar-refractivity contribution in [1.29, 1.82) is 0 Å². The Morgan fingerprint density at radius 2 is 2.25 bits per heavy atom. The van der Waals surface area contributed by atoms with Crippen LogP contribution in [0.5, 0.6) is 0 Å². The van der Waals surface area contributed by atoms with E-state index < -0.39 is 0 Å². The van der Waals surface area contributed by atoms with E-state index in [1.165, 1.54) is 43.6 Å². The van der Waals surface area contributed by atoms with Crippen LogP contribution in [-0.4, -0.2) is 20.1 Å². The second kappa shape index (κ2) is 4.10. The van der Waals surface area contributed by atoms with Crippen LogP contribution in [0.3, 0.4) is 0 Å². The molecule has 16 heavy (non-hydrogen) atoms. The van der Waals surface area contributed by atoms with Crippen molar-refractivity contribution >= 4 is 5.69 Å². The van der Waals surface area contributed by atoms with Crippen LogP contribution in [0.15, 0.2) is 18.2 Å². The van der Waals surface area contributed by atoms with E-state index in [1.807, 2.05) is 7.05 Å². The Labute approximate surface area is 97.6 Å². The number of rotatable bonds is 4. The molecular formula is C14H20N2. The molecule has 0 spiro atoms. The number of hydrogen-bond acceptors (Lipinski definition) is 2. The maximum atomic E-state index is 3.21. The Balaban J connectivity index is 1.77. The van der Waals surface area contributed by atoms with Gasteiger partial charge in [-0.05, 0) is 49.4 Å². The normalized spacial score (nSPS) is 18.9. The van der Waals surface area contributed by atoms with Crippen molar-refractivity contribution < 1.29 is 0 Å². The monoisotopic (exact) mass is 216 g/mol. The molecule has 0 unspecified atom stereocenters. The third-order valence-electron chi connectivity index (χ3n) is 3.69. The fourth-order valence-corrected chi connectivity index (χ4v) is 2.64. The van der Waals surface area contributed by atoms with Gasteiger partial charge in [-0.3, -0.25) is 0 Å². The van der Waals surface area contributed by atoms with E-state index in [0.29, 0.717) is 0 Å². The third kappa shape index (κ3) is 1.94. The second-order valence-electron chi connectivity index (χ2n) is 5.13. The molecule has 0 bridgehead atoms. The summed E-state index contributed by atoms with van der Waals surface area (Å²) in [5.74, 6) is 0.989. The summed E-state index contributed by atoms with van der Waals surface area (Å²) in [4.78, 5) is 2.58. The van der Waals surface area contributed by atoms with E-state index in [9.17, 15) is 0 Å². The van der Waals surface area contributed by atoms with Gasteiger partial charge < -0.3 is 10.2 Å². The van der Waals surface area contributed by atoms with Gasteiger partial charge in [-0.1, -0.05) is 12.1 Å². The summed E-state index contributed by atoms with van der Waals surface area (Å²) < 4.78 is 0. The van der Waals surface area contributed by atoms with Crippen molar-refractivity contribution in [3.05, 3.63) is 29.3 Å². The first kappa shape index (κ1) is 10.2. The molecule has 3 rings (SSSR count). The summed E-state index contributed by atoms with van der Waals surface area (Å²) >= 11 is 0. The minimum atomic E-state index is 0.982. The van der Waals surface area contributed by atoms with Gasteiger partial charge in [-0.25, -0.2) is 0 Å². The topological polar surface area (TPSA) is 15.3 Å². The van der Waals surface area contributed by atoms with Gasteiger partial charge in [0.15, 0.2) is 0 Å². The molecule has 0 saturated heterocycles. The van der Waals surface area contributed by atoms with Crippen molar-refractivity contribution in [2.45, 2.75) is 25.8 Å². The van der Waals surface area contributed by atoms with E-state index in [-0.39, 0.29) is 0 Å². The number of anilines is 1. The summed E-state index contributed by atoms with van der Waals surface area (Å²) in [6.45, 7) is 3.50. The molecule has 1 aromatic rings. The predicted octanol–water partition coefficient (Wildman–Crippen LogP) is 2.18. The standard InChI is InChI=1S/C14H20N2/c1-15-9-12-4-5-14-13(8-12)6-7-16(14)10-11-2-3-11/h4-5,8,11,15H,2-3,6-7,9-10H2,1H3. The summed E-state index contributed by atoms with van der Waals surface area (Å²) in [5, 5.41) is 3.21. The van der Waals surface area contributed by atoms with E-state index in [1.54, 1.807) is 5.56 Å². The van der Waals surface area contributed by atoms with Crippen molar-refractivity contribution in [2.75, 3.05) is 25.0 Å². The highest BCUT2D eigenvalue weighted by atomic mass is 15.2. The number of hydrogen-bond donors (Lipinski definition) is 1. The van der Waals surface area contributed by atoms with Gasteiger partial charge in [0.2, 0.25) is 0 Å². The highest BCUT2D eigenvalue weighted by Crippen LogP contribution is 2.35. The zero-order chi connectivity index (χ0) is 11.0. The average molecular weight is 216 g/mol. The molecule has 1 aliphatic heterocycles. The van der Waals surface area contributed by atoms with Crippen molar-refractivity contribution in [1.82, 2.24) is 5.32 Å². The molecule has 0 amide bonds. The third-order valence-corrected chi connectivity index (χ3v) is 3.69. The highest BCUT2D eigenvalue weighted by molar-refractivity contribution is 5.59. The van der Waals surface area contributed by atoms with Crippen molar-refractivity contribution in [3.8, 4) is 0 Å². The first-order chi connectivity index (χ1) is 7.86. The zero-order valence-electron chi connectivity index (χ0n) is 10.00. The summed E-state index contributed by atoms with van der Waals surface area (Å²) in [6.07, 6.45) is 4.13. The van der Waals surface area contributed by atoms with E-state index in [2.05, 4.69) is 28.4 Å². The average Bonchev–Trinajstić information content (AvgIpc) is 3.01. The second-order valence-corrected chi connectivity index (χ2v) is 5.13. The van der Waals surface area contributed by atoms with Gasteiger partial charge in [-0.15, -0.1) is 0 Å². The van der Waals surface area contributed by atoms with Crippen LogP contribution < -0.4 is 10.2 Å². The summed E-state index contributed by atoms with van der Waals surface area (Å²) in [7, 11) is 2.01. The van der Waals surface area contributed by atoms with Crippen LogP contribution in [0.4, 0.5) is 5.69 Å². The molecule has 0 atom stereocenters. The Kier molecular flexibility index (Phi) is 2.60. The SMILES string of the molecule is CNCc1ccc2c(c1)CCN2CC1CC1. The van der Waals surface area contributed by atoms with E-state index >= 15 is 0 Å². The van der Waals surface area contributed by atoms with E-state index in [4.69, 9.17) is 0 Å². The molecule has 86 valence electrons. The molecule has 1 aliphatic carbocycles. The molecule has 0 aromatic heterocycles. The lowest BCUT2D eigenvalue weighted by Gasteiger charge is -2.19. The molecule has 1 fully saturated rings. The Morgan fingerprint density at radius 1 is 1.38 bits per heavy atom. The molecular weight excluding hydrogens is 196 g/mol. The highest BCUT2D eigenvalue weighted by Gasteiger charge is 2.27. The van der Waals surface area contributed by atoms with Gasteiger partial charge >= 0.3 is 0 Å². The summed E-state index contributed by atoms with van der Waals surface area (Å²) in [5.41, 5.74) is 4.45. The Bertz CT molecular complexity index is 382. The molecule has 1 heterocycles. The minimum absolute atomic E-state index is 0.982. The first-order valence-corrected chi connectivity index (χ1v) is 6.38. The molecule has 2 nitrogen and oxygen atoms in total. The number of nitrogens with zero attached hydrogens (tertiary/aromatic N) is 1. The predicted molar refractivity (Wildman–Crippen MR) is 67.8 cm³/mol. The molecule has 1 saturated carbocycles. The number of benzene rings is 1. The molecule has 0 radical (unpaired) electrons. The maximum absolute atomic E-state index is 3.21. The van der Waals surface area contributed by atoms with Crippen LogP contribution in [0.1, 0.15) is 24.0 Å². The number of nitrogens with one attached hydrogen (secondary N) is 1. The zero-order valence-corrected chi connectivity index (χ0v) is 10.00. The maximum Gasteiger partial charge on any atom is 0.0399 e. The molecule has 1 aromatic carbocycles. The first-order valence-electron chi connectivity index (χ1n) is 6.38. The van der Waals surface area contributed by atoms with Gasteiger partial charge in [0.25, 0.3) is 0 Å². The quantitative estimate of drug-likeness (QED) is 0.830. The van der Waals surface area contributed by atoms with Crippen LogP contribution in [-0.2, 0) is 13.0 Å². The van der Waals surface area contributed by atoms with Gasteiger partial charge in [0.1, 0.15) is 0 Å². The smallest absolute Gasteiger partial charge is 0.0399 e. The lowest BCUT2D eigenvalue weighted by atomic mass is 10.1. The lowest BCUT2D eigenvalue weighted by molar-refractivity contribution is 0.747. The van der Waals surface area contributed by atoms with Crippen molar-refractivity contribution in [2.24, 2.45) is 5.92 Å². The van der Waals surface area contributed by atoms with Gasteiger partial charge in [0, 0.05) is 25.3 Å². The lowest BCUT2D eigenvalue weighted by Crippen LogP contribution is -2.22. The van der Waals surface area contributed by atoms with Crippen LogP contribution in [0, 0.1) is 5.92 Å². The fourth-order valence-electron chi connectivity index (χ4n) is 2.64. The van der Waals surface area contributed by atoms with E-state index in [0.717, 1.165) is 12.5 Å². The summed E-state index contributed by atoms with van der Waals surface area (Å²) in [6, 6.07) is 6.96. The van der Waals surface area contributed by atoms with Crippen molar-refractivity contribution in [3.63, 3.8) is 0 Å². The largest absolute Gasteiger partial charge is 0.371 e. The van der Waals surface area contributed by atoms with Gasteiger partial charge in [-0.2, -0.15) is 0 Å². The fraction of sp³-hybridized carbons (Fsp3) is 0.571. The minimum Gasteiger partial charge on any atom is -0.371 e. The van der Waals surface area contributed by atoms with Crippen LogP contribution in [0.2, 0.25) is 0 Å².